The fraction of sp³-hybridized carbons (Fsp3) is 0.250. The second-order valence-electron chi connectivity index (χ2n) is 9.70. The molecule has 0 spiro atoms. The molecule has 3 aromatic carbocycles. The van der Waals surface area contributed by atoms with Crippen molar-refractivity contribution in [2.75, 3.05) is 31.7 Å². The second kappa shape index (κ2) is 13.5. The summed E-state index contributed by atoms with van der Waals surface area (Å²) in [6, 6.07) is 20.8. The number of anilines is 1. The summed E-state index contributed by atoms with van der Waals surface area (Å²) in [7, 11) is -1.33. The molecule has 0 fully saturated rings. The Morgan fingerprint density at radius 3 is 2.30 bits per heavy atom. The van der Waals surface area contributed by atoms with Crippen LogP contribution in [0.25, 0.3) is 5.69 Å². The summed E-state index contributed by atoms with van der Waals surface area (Å²) in [5.41, 5.74) is 7.74. The van der Waals surface area contributed by atoms with Crippen molar-refractivity contribution in [2.45, 2.75) is 32.6 Å². The van der Waals surface area contributed by atoms with Crippen LogP contribution in [-0.2, 0) is 14.8 Å². The largest absolute Gasteiger partial charge is 0.494 e. The Kier molecular flexibility index (Phi) is 9.77. The molecule has 1 amide bonds. The first-order chi connectivity index (χ1) is 20.6. The van der Waals surface area contributed by atoms with E-state index in [4.69, 9.17) is 14.2 Å². The number of methoxy groups -OCH3 is 2. The fourth-order valence-electron chi connectivity index (χ4n) is 4.74. The lowest BCUT2D eigenvalue weighted by Gasteiger charge is -2.24. The average molecular weight is 605 g/mol. The van der Waals surface area contributed by atoms with Gasteiger partial charge in [-0.3, -0.25) is 9.10 Å². The first-order valence-electron chi connectivity index (χ1n) is 13.6. The van der Waals surface area contributed by atoms with Crippen LogP contribution in [0.1, 0.15) is 29.4 Å². The number of para-hydroxylation sites is 1. The Balaban J connectivity index is 1.60. The van der Waals surface area contributed by atoms with Gasteiger partial charge in [-0.05, 0) is 81.8 Å². The number of hydrogen-bond acceptors (Lipinski definition) is 7. The van der Waals surface area contributed by atoms with Gasteiger partial charge in [0.25, 0.3) is 15.9 Å². The van der Waals surface area contributed by atoms with Crippen LogP contribution in [0.3, 0.4) is 0 Å². The summed E-state index contributed by atoms with van der Waals surface area (Å²) < 4.78 is 46.9. The molecule has 0 aliphatic rings. The zero-order chi connectivity index (χ0) is 31.1. The number of hydrogen-bond donors (Lipinski definition) is 1. The highest BCUT2D eigenvalue weighted by Gasteiger charge is 2.28. The highest BCUT2D eigenvalue weighted by Crippen LogP contribution is 2.32. The number of aromatic nitrogens is 1. The standard InChI is InChI=1S/C32H36N4O6S/c1-7-42-27-14-12-26(13-15-27)35(43(38,39)28-16-17-30(40-5)31(19-28)41-6)21-32(37)34-33-20-25-18-23(3)36(24(25)4)29-11-9-8-10-22(29)2/h8-20H,7,21H2,1-6H3,(H,34,37)/b33-20-. The van der Waals surface area contributed by atoms with Gasteiger partial charge in [0.05, 0.1) is 37.6 Å². The molecule has 0 aliphatic heterocycles. The molecule has 10 nitrogen and oxygen atoms in total. The van der Waals surface area contributed by atoms with Crippen molar-refractivity contribution in [3.05, 3.63) is 95.3 Å². The number of nitrogens with zero attached hydrogens (tertiary/aromatic N) is 3. The fourth-order valence-corrected chi connectivity index (χ4v) is 6.17. The first-order valence-corrected chi connectivity index (χ1v) is 15.1. The van der Waals surface area contributed by atoms with Gasteiger partial charge >= 0.3 is 0 Å². The minimum Gasteiger partial charge on any atom is -0.494 e. The third kappa shape index (κ3) is 6.83. The van der Waals surface area contributed by atoms with Gasteiger partial charge in [-0.15, -0.1) is 0 Å². The lowest BCUT2D eigenvalue weighted by atomic mass is 10.2. The molecule has 1 heterocycles. The maximum Gasteiger partial charge on any atom is 0.264 e. The molecule has 4 rings (SSSR count). The number of amides is 1. The molecule has 0 bridgehead atoms. The Bertz CT molecular complexity index is 1730. The van der Waals surface area contributed by atoms with Gasteiger partial charge in [-0.25, -0.2) is 13.8 Å². The normalized spacial score (nSPS) is 11.4. The van der Waals surface area contributed by atoms with Gasteiger partial charge in [-0.2, -0.15) is 5.10 Å². The molecular weight excluding hydrogens is 568 g/mol. The lowest BCUT2D eigenvalue weighted by molar-refractivity contribution is -0.119. The molecule has 11 heteroatoms. The van der Waals surface area contributed by atoms with Crippen molar-refractivity contribution in [2.24, 2.45) is 5.10 Å². The monoisotopic (exact) mass is 604 g/mol. The summed E-state index contributed by atoms with van der Waals surface area (Å²) in [5, 5.41) is 4.15. The average Bonchev–Trinajstić information content (AvgIpc) is 3.28. The van der Waals surface area contributed by atoms with Crippen molar-refractivity contribution in [1.82, 2.24) is 9.99 Å². The van der Waals surface area contributed by atoms with Gasteiger partial charge < -0.3 is 18.8 Å². The van der Waals surface area contributed by atoms with E-state index in [0.717, 1.165) is 32.5 Å². The maximum atomic E-state index is 13.9. The van der Waals surface area contributed by atoms with Crippen molar-refractivity contribution in [1.29, 1.82) is 0 Å². The maximum absolute atomic E-state index is 13.9. The Morgan fingerprint density at radius 2 is 1.65 bits per heavy atom. The molecule has 0 atom stereocenters. The minimum absolute atomic E-state index is 0.0704. The predicted octanol–water partition coefficient (Wildman–Crippen LogP) is 5.16. The molecule has 4 aromatic rings. The van der Waals surface area contributed by atoms with E-state index in [1.807, 2.05) is 58.0 Å². The summed E-state index contributed by atoms with van der Waals surface area (Å²) in [6.45, 7) is 7.82. The highest BCUT2D eigenvalue weighted by atomic mass is 32.2. The summed E-state index contributed by atoms with van der Waals surface area (Å²) in [6.07, 6.45) is 1.55. The number of rotatable bonds is 12. The van der Waals surface area contributed by atoms with Crippen molar-refractivity contribution >= 4 is 27.8 Å². The molecule has 226 valence electrons. The van der Waals surface area contributed by atoms with Crippen LogP contribution in [0.2, 0.25) is 0 Å². The van der Waals surface area contributed by atoms with E-state index in [2.05, 4.69) is 15.1 Å². The molecule has 1 N–H and O–H groups in total. The molecule has 0 radical (unpaired) electrons. The van der Waals surface area contributed by atoms with Gasteiger partial charge in [0, 0.05) is 28.7 Å². The van der Waals surface area contributed by atoms with Gasteiger partial charge in [0.1, 0.15) is 12.3 Å². The third-order valence-electron chi connectivity index (χ3n) is 6.89. The van der Waals surface area contributed by atoms with Crippen LogP contribution in [0.4, 0.5) is 5.69 Å². The van der Waals surface area contributed by atoms with Crippen LogP contribution in [0.5, 0.6) is 17.2 Å². The molecule has 0 unspecified atom stereocenters. The number of carbonyl (C=O) groups excluding carboxylic acids is 1. The third-order valence-corrected chi connectivity index (χ3v) is 8.66. The summed E-state index contributed by atoms with van der Waals surface area (Å²) >= 11 is 0. The van der Waals surface area contributed by atoms with Crippen LogP contribution in [0, 0.1) is 20.8 Å². The number of carbonyl (C=O) groups is 1. The summed E-state index contributed by atoms with van der Waals surface area (Å²) in [4.78, 5) is 13.0. The SMILES string of the molecule is CCOc1ccc(N(CC(=O)N/N=C\c2cc(C)n(-c3ccccc3C)c2C)S(=O)(=O)c2ccc(OC)c(OC)c2)cc1. The van der Waals surface area contributed by atoms with Crippen molar-refractivity contribution in [3.8, 4) is 22.9 Å². The van der Waals surface area contributed by atoms with E-state index in [0.29, 0.717) is 18.1 Å². The van der Waals surface area contributed by atoms with Gasteiger partial charge in [0.2, 0.25) is 0 Å². The second-order valence-corrected chi connectivity index (χ2v) is 11.6. The number of benzene rings is 3. The van der Waals surface area contributed by atoms with E-state index in [1.165, 1.54) is 32.4 Å². The number of aryl methyl sites for hydroxylation is 2. The zero-order valence-electron chi connectivity index (χ0n) is 25.1. The molecule has 43 heavy (non-hydrogen) atoms. The number of ether oxygens (including phenoxy) is 3. The Hall–Kier alpha value is -4.77. The van der Waals surface area contributed by atoms with Crippen LogP contribution < -0.4 is 23.9 Å². The highest BCUT2D eigenvalue weighted by molar-refractivity contribution is 7.92. The van der Waals surface area contributed by atoms with E-state index in [1.54, 1.807) is 30.5 Å². The van der Waals surface area contributed by atoms with E-state index < -0.39 is 22.5 Å². The number of hydrazone groups is 1. The quantitative estimate of drug-likeness (QED) is 0.177. The van der Waals surface area contributed by atoms with Gasteiger partial charge in [0.15, 0.2) is 11.5 Å². The van der Waals surface area contributed by atoms with Crippen molar-refractivity contribution in [3.63, 3.8) is 0 Å². The molecular formula is C32H36N4O6S. The molecule has 0 saturated heterocycles. The van der Waals surface area contributed by atoms with E-state index >= 15 is 0 Å². The molecule has 0 aliphatic carbocycles. The Labute approximate surface area is 252 Å². The van der Waals surface area contributed by atoms with Crippen LogP contribution in [0.15, 0.2) is 82.8 Å². The molecule has 1 aromatic heterocycles. The van der Waals surface area contributed by atoms with Gasteiger partial charge in [-0.1, -0.05) is 18.2 Å². The smallest absolute Gasteiger partial charge is 0.264 e. The Morgan fingerprint density at radius 1 is 0.953 bits per heavy atom. The van der Waals surface area contributed by atoms with Crippen molar-refractivity contribution < 1.29 is 27.4 Å². The number of nitrogens with one attached hydrogen (secondary N) is 1. The predicted molar refractivity (Wildman–Crippen MR) is 167 cm³/mol. The minimum atomic E-state index is -4.21. The topological polar surface area (TPSA) is 111 Å². The van der Waals surface area contributed by atoms with E-state index in [9.17, 15) is 13.2 Å². The summed E-state index contributed by atoms with van der Waals surface area (Å²) in [5.74, 6) is 0.574. The van der Waals surface area contributed by atoms with Crippen LogP contribution >= 0.6 is 0 Å². The molecule has 0 saturated carbocycles. The zero-order valence-corrected chi connectivity index (χ0v) is 25.9. The first kappa shape index (κ1) is 31.2. The van der Waals surface area contributed by atoms with E-state index in [-0.39, 0.29) is 16.3 Å². The number of sulfonamides is 1. The lowest BCUT2D eigenvalue weighted by Crippen LogP contribution is -2.39. The van der Waals surface area contributed by atoms with Crippen LogP contribution in [-0.4, -0.2) is 52.5 Å².